The third-order valence-electron chi connectivity index (χ3n) is 5.29. The maximum Gasteiger partial charge on any atom is 0.229 e. The minimum atomic E-state index is -0.247. The fourth-order valence-electron chi connectivity index (χ4n) is 3.77. The van der Waals surface area contributed by atoms with Gasteiger partial charge in [0.25, 0.3) is 0 Å². The molecule has 1 aliphatic rings. The van der Waals surface area contributed by atoms with Gasteiger partial charge in [0.2, 0.25) is 11.8 Å². The number of nitrogens with zero attached hydrogens (tertiary/aromatic N) is 3. The van der Waals surface area contributed by atoms with Crippen molar-refractivity contribution in [3.8, 4) is 5.75 Å². The second kappa shape index (κ2) is 7.95. The third kappa shape index (κ3) is 3.81. The highest BCUT2D eigenvalue weighted by Gasteiger charge is 2.33. The van der Waals surface area contributed by atoms with Crippen LogP contribution in [0.5, 0.6) is 5.75 Å². The van der Waals surface area contributed by atoms with Crippen molar-refractivity contribution >= 4 is 28.5 Å². The van der Waals surface area contributed by atoms with Gasteiger partial charge in [0.15, 0.2) is 0 Å². The maximum atomic E-state index is 12.7. The Morgan fingerprint density at radius 3 is 2.83 bits per heavy atom. The van der Waals surface area contributed by atoms with E-state index in [2.05, 4.69) is 10.3 Å². The van der Waals surface area contributed by atoms with Gasteiger partial charge in [-0.05, 0) is 24.3 Å². The molecule has 1 aromatic heterocycles. The molecule has 0 aliphatic carbocycles. The molecule has 2 heterocycles. The van der Waals surface area contributed by atoms with Crippen LogP contribution in [0.4, 0.5) is 5.69 Å². The van der Waals surface area contributed by atoms with E-state index in [1.54, 1.807) is 18.3 Å². The highest BCUT2D eigenvalue weighted by atomic mass is 16.5. The summed E-state index contributed by atoms with van der Waals surface area (Å²) in [6.45, 7) is 2.85. The number of ether oxygens (including phenoxy) is 1. The zero-order valence-electron chi connectivity index (χ0n) is 16.5. The van der Waals surface area contributed by atoms with Gasteiger partial charge >= 0.3 is 0 Å². The Morgan fingerprint density at radius 1 is 1.24 bits per heavy atom. The molecule has 0 unspecified atom stereocenters. The zero-order valence-corrected chi connectivity index (χ0v) is 16.5. The van der Waals surface area contributed by atoms with Crippen LogP contribution in [0, 0.1) is 5.92 Å². The molecule has 7 heteroatoms. The molecule has 7 nitrogen and oxygen atoms in total. The quantitative estimate of drug-likeness (QED) is 0.700. The molecule has 0 spiro atoms. The van der Waals surface area contributed by atoms with Gasteiger partial charge in [-0.15, -0.1) is 0 Å². The summed E-state index contributed by atoms with van der Waals surface area (Å²) >= 11 is 0. The molecular formula is C22H24N4O3. The summed E-state index contributed by atoms with van der Waals surface area (Å²) in [4.78, 5) is 31.3. The first-order valence-electron chi connectivity index (χ1n) is 9.70. The topological polar surface area (TPSA) is 76.5 Å². The number of benzene rings is 2. The van der Waals surface area contributed by atoms with E-state index in [9.17, 15) is 9.59 Å². The molecule has 0 saturated carbocycles. The number of fused-ring (bicyclic) bond motifs is 1. The van der Waals surface area contributed by atoms with Crippen LogP contribution < -0.4 is 15.0 Å². The Hall–Kier alpha value is -3.35. The summed E-state index contributed by atoms with van der Waals surface area (Å²) in [5, 5.41) is 3.03. The SMILES string of the molecule is COc1ccccc1N1C[C@H](NC(=O)[C@H](C)Cn2cnc3ccccc32)CC1=O. The first-order valence-corrected chi connectivity index (χ1v) is 9.70. The van der Waals surface area contributed by atoms with E-state index < -0.39 is 0 Å². The van der Waals surface area contributed by atoms with E-state index in [4.69, 9.17) is 4.74 Å². The van der Waals surface area contributed by atoms with Crippen LogP contribution in [0.1, 0.15) is 13.3 Å². The van der Waals surface area contributed by atoms with Gasteiger partial charge in [-0.2, -0.15) is 0 Å². The number of hydrogen-bond acceptors (Lipinski definition) is 4. The molecule has 2 amide bonds. The number of rotatable bonds is 6. The van der Waals surface area contributed by atoms with Gasteiger partial charge in [-0.3, -0.25) is 9.59 Å². The van der Waals surface area contributed by atoms with Crippen LogP contribution in [-0.2, 0) is 16.1 Å². The Morgan fingerprint density at radius 2 is 2.00 bits per heavy atom. The molecule has 2 aromatic carbocycles. The number of methoxy groups -OCH3 is 1. The zero-order chi connectivity index (χ0) is 20.4. The molecule has 1 fully saturated rings. The Kier molecular flexibility index (Phi) is 5.20. The lowest BCUT2D eigenvalue weighted by Crippen LogP contribution is -2.40. The maximum absolute atomic E-state index is 12.7. The van der Waals surface area contributed by atoms with Crippen molar-refractivity contribution < 1.29 is 14.3 Å². The van der Waals surface area contributed by atoms with Gasteiger partial charge in [-0.25, -0.2) is 4.98 Å². The lowest BCUT2D eigenvalue weighted by molar-refractivity contribution is -0.125. The van der Waals surface area contributed by atoms with Crippen LogP contribution in [0.25, 0.3) is 11.0 Å². The van der Waals surface area contributed by atoms with E-state index in [1.807, 2.05) is 60.0 Å². The van der Waals surface area contributed by atoms with Gasteiger partial charge in [0.05, 0.1) is 42.1 Å². The van der Waals surface area contributed by atoms with Crippen molar-refractivity contribution in [2.24, 2.45) is 5.92 Å². The van der Waals surface area contributed by atoms with Crippen molar-refractivity contribution in [1.29, 1.82) is 0 Å². The lowest BCUT2D eigenvalue weighted by atomic mass is 10.1. The van der Waals surface area contributed by atoms with Gasteiger partial charge < -0.3 is 19.5 Å². The minimum absolute atomic E-state index is 0.0203. The minimum Gasteiger partial charge on any atom is -0.495 e. The van der Waals surface area contributed by atoms with Crippen LogP contribution in [0.3, 0.4) is 0 Å². The van der Waals surface area contributed by atoms with E-state index in [-0.39, 0.29) is 30.2 Å². The number of carbonyl (C=O) groups is 2. The predicted molar refractivity (Wildman–Crippen MR) is 111 cm³/mol. The molecule has 1 N–H and O–H groups in total. The number of anilines is 1. The molecule has 3 aromatic rings. The summed E-state index contributed by atoms with van der Waals surface area (Å²) in [5.41, 5.74) is 2.65. The molecule has 1 saturated heterocycles. The standard InChI is InChI=1S/C22H24N4O3/c1-15(12-25-14-23-17-7-3-4-8-18(17)25)22(28)24-16-11-21(27)26(13-16)19-9-5-6-10-20(19)29-2/h3-10,14-16H,11-13H2,1-2H3,(H,24,28)/t15-,16-/m1/s1. The summed E-state index contributed by atoms with van der Waals surface area (Å²) in [7, 11) is 1.58. The monoisotopic (exact) mass is 392 g/mol. The molecule has 0 radical (unpaired) electrons. The third-order valence-corrected chi connectivity index (χ3v) is 5.29. The van der Waals surface area contributed by atoms with Crippen LogP contribution in [0.15, 0.2) is 54.9 Å². The summed E-state index contributed by atoms with van der Waals surface area (Å²) in [5.74, 6) is 0.312. The molecular weight excluding hydrogens is 368 g/mol. The molecule has 2 atom stereocenters. The van der Waals surface area contributed by atoms with Crippen molar-refractivity contribution in [3.05, 3.63) is 54.9 Å². The average Bonchev–Trinajstić information content (AvgIpc) is 3.31. The van der Waals surface area contributed by atoms with Crippen LogP contribution in [0.2, 0.25) is 0 Å². The fourth-order valence-corrected chi connectivity index (χ4v) is 3.77. The Bertz CT molecular complexity index is 1050. The van der Waals surface area contributed by atoms with Crippen molar-refractivity contribution in [1.82, 2.24) is 14.9 Å². The van der Waals surface area contributed by atoms with E-state index in [0.717, 1.165) is 16.7 Å². The molecule has 150 valence electrons. The number of carbonyl (C=O) groups excluding carboxylic acids is 2. The van der Waals surface area contributed by atoms with E-state index in [1.165, 1.54) is 0 Å². The van der Waals surface area contributed by atoms with Crippen molar-refractivity contribution in [2.45, 2.75) is 25.9 Å². The number of amides is 2. The predicted octanol–water partition coefficient (Wildman–Crippen LogP) is 2.60. The molecule has 4 rings (SSSR count). The second-order valence-electron chi connectivity index (χ2n) is 7.37. The highest BCUT2D eigenvalue weighted by molar-refractivity contribution is 5.98. The van der Waals surface area contributed by atoms with Crippen molar-refractivity contribution in [2.75, 3.05) is 18.6 Å². The smallest absolute Gasteiger partial charge is 0.229 e. The van der Waals surface area contributed by atoms with Crippen molar-refractivity contribution in [3.63, 3.8) is 0 Å². The molecule has 0 bridgehead atoms. The summed E-state index contributed by atoms with van der Waals surface area (Å²) < 4.78 is 7.35. The number of imidazole rings is 1. The summed E-state index contributed by atoms with van der Waals surface area (Å²) in [6, 6.07) is 15.0. The Labute approximate surface area is 169 Å². The lowest BCUT2D eigenvalue weighted by Gasteiger charge is -2.20. The van der Waals surface area contributed by atoms with Crippen LogP contribution in [-0.4, -0.2) is 41.1 Å². The largest absolute Gasteiger partial charge is 0.495 e. The number of para-hydroxylation sites is 4. The van der Waals surface area contributed by atoms with Gasteiger partial charge in [-0.1, -0.05) is 31.2 Å². The summed E-state index contributed by atoms with van der Waals surface area (Å²) in [6.07, 6.45) is 2.04. The second-order valence-corrected chi connectivity index (χ2v) is 7.37. The van der Waals surface area contributed by atoms with Crippen LogP contribution >= 0.6 is 0 Å². The highest BCUT2D eigenvalue weighted by Crippen LogP contribution is 2.31. The molecule has 1 aliphatic heterocycles. The van der Waals surface area contributed by atoms with E-state index >= 15 is 0 Å². The normalized spacial score (nSPS) is 17.5. The number of aromatic nitrogens is 2. The number of nitrogens with one attached hydrogen (secondary N) is 1. The average molecular weight is 392 g/mol. The van der Waals surface area contributed by atoms with Gasteiger partial charge in [0, 0.05) is 19.5 Å². The Balaban J connectivity index is 1.40. The van der Waals surface area contributed by atoms with Gasteiger partial charge in [0.1, 0.15) is 5.75 Å². The fraction of sp³-hybridized carbons (Fsp3) is 0.318. The van der Waals surface area contributed by atoms with E-state index in [0.29, 0.717) is 18.8 Å². The first-order chi connectivity index (χ1) is 14.1. The molecule has 29 heavy (non-hydrogen) atoms. The first kappa shape index (κ1) is 19.0. The number of hydrogen-bond donors (Lipinski definition) is 1.